The molecular weight excluding hydrogens is 404 g/mol. The van der Waals surface area contributed by atoms with Crippen LogP contribution in [0, 0.1) is 6.92 Å². The molecule has 2 heterocycles. The highest BCUT2D eigenvalue weighted by Crippen LogP contribution is 2.30. The van der Waals surface area contributed by atoms with E-state index in [9.17, 15) is 13.2 Å². The first-order valence-electron chi connectivity index (χ1n) is 8.36. The Labute approximate surface area is 166 Å². The monoisotopic (exact) mass is 418 g/mol. The SMILES string of the molecule is Cc1nc(NC(=O)NS(=O)(=O)c2c(Cl)ccc3ccccc23)nc2c1CCO2. The van der Waals surface area contributed by atoms with Crippen LogP contribution < -0.4 is 14.8 Å². The van der Waals surface area contributed by atoms with Crippen molar-refractivity contribution in [1.82, 2.24) is 14.7 Å². The number of urea groups is 1. The van der Waals surface area contributed by atoms with E-state index in [1.807, 2.05) is 4.72 Å². The second kappa shape index (κ2) is 6.92. The van der Waals surface area contributed by atoms with E-state index in [2.05, 4.69) is 15.3 Å². The van der Waals surface area contributed by atoms with Gasteiger partial charge in [-0.2, -0.15) is 4.98 Å². The van der Waals surface area contributed by atoms with E-state index in [1.165, 1.54) is 6.07 Å². The smallest absolute Gasteiger partial charge is 0.335 e. The molecular formula is C18H15ClN4O4S. The lowest BCUT2D eigenvalue weighted by Crippen LogP contribution is -2.35. The molecule has 0 unspecified atom stereocenters. The molecule has 0 atom stereocenters. The zero-order valence-electron chi connectivity index (χ0n) is 14.7. The Morgan fingerprint density at radius 2 is 1.96 bits per heavy atom. The predicted molar refractivity (Wildman–Crippen MR) is 104 cm³/mol. The third-order valence-electron chi connectivity index (χ3n) is 4.32. The van der Waals surface area contributed by atoms with Crippen molar-refractivity contribution in [2.45, 2.75) is 18.2 Å². The molecule has 3 aromatic rings. The van der Waals surface area contributed by atoms with Gasteiger partial charge in [-0.25, -0.2) is 22.9 Å². The summed E-state index contributed by atoms with van der Waals surface area (Å²) in [5, 5.41) is 3.44. The fraction of sp³-hybridized carbons (Fsp3) is 0.167. The molecule has 144 valence electrons. The largest absolute Gasteiger partial charge is 0.477 e. The van der Waals surface area contributed by atoms with Crippen LogP contribution in [0.5, 0.6) is 5.88 Å². The molecule has 2 amide bonds. The van der Waals surface area contributed by atoms with Crippen LogP contribution in [0.4, 0.5) is 10.7 Å². The highest BCUT2D eigenvalue weighted by atomic mass is 35.5. The number of aromatic nitrogens is 2. The van der Waals surface area contributed by atoms with Crippen molar-refractivity contribution in [2.75, 3.05) is 11.9 Å². The van der Waals surface area contributed by atoms with E-state index >= 15 is 0 Å². The number of amides is 2. The first kappa shape index (κ1) is 18.5. The molecule has 2 aromatic carbocycles. The summed E-state index contributed by atoms with van der Waals surface area (Å²) in [4.78, 5) is 20.4. The Morgan fingerprint density at radius 3 is 2.79 bits per heavy atom. The lowest BCUT2D eigenvalue weighted by molar-refractivity contribution is 0.256. The first-order chi connectivity index (χ1) is 13.3. The van der Waals surface area contributed by atoms with Gasteiger partial charge in [0.1, 0.15) is 4.90 Å². The van der Waals surface area contributed by atoms with Crippen LogP contribution in [-0.2, 0) is 16.4 Å². The number of aryl methyl sites for hydroxylation is 1. The fourth-order valence-electron chi connectivity index (χ4n) is 3.07. The lowest BCUT2D eigenvalue weighted by Gasteiger charge is -2.12. The van der Waals surface area contributed by atoms with Crippen LogP contribution in [-0.4, -0.2) is 31.0 Å². The number of sulfonamides is 1. The van der Waals surface area contributed by atoms with Gasteiger partial charge >= 0.3 is 6.03 Å². The number of benzene rings is 2. The molecule has 0 saturated heterocycles. The van der Waals surface area contributed by atoms with Crippen molar-refractivity contribution in [1.29, 1.82) is 0 Å². The lowest BCUT2D eigenvalue weighted by atomic mass is 10.1. The minimum Gasteiger partial charge on any atom is -0.477 e. The molecule has 1 aliphatic heterocycles. The van der Waals surface area contributed by atoms with Crippen LogP contribution in [0.15, 0.2) is 41.3 Å². The summed E-state index contributed by atoms with van der Waals surface area (Å²) >= 11 is 6.12. The van der Waals surface area contributed by atoms with Gasteiger partial charge in [-0.3, -0.25) is 5.32 Å². The third-order valence-corrected chi connectivity index (χ3v) is 6.18. The highest BCUT2D eigenvalue weighted by Gasteiger charge is 2.25. The quantitative estimate of drug-likeness (QED) is 0.676. The minimum atomic E-state index is -4.24. The zero-order chi connectivity index (χ0) is 19.9. The maximum atomic E-state index is 12.8. The van der Waals surface area contributed by atoms with Gasteiger partial charge in [-0.05, 0) is 18.4 Å². The molecule has 1 aromatic heterocycles. The second-order valence-corrected chi connectivity index (χ2v) is 8.20. The van der Waals surface area contributed by atoms with E-state index in [4.69, 9.17) is 16.3 Å². The number of rotatable bonds is 3. The van der Waals surface area contributed by atoms with Crippen molar-refractivity contribution in [2.24, 2.45) is 0 Å². The molecule has 0 fully saturated rings. The molecule has 0 aliphatic carbocycles. The number of anilines is 1. The molecule has 0 spiro atoms. The summed E-state index contributed by atoms with van der Waals surface area (Å²) in [6.45, 7) is 2.26. The fourth-order valence-corrected chi connectivity index (χ4v) is 4.74. The Morgan fingerprint density at radius 1 is 1.18 bits per heavy atom. The summed E-state index contributed by atoms with van der Waals surface area (Å²) in [6, 6.07) is 9.03. The Balaban J connectivity index is 1.62. The number of carbonyl (C=O) groups excluding carboxylic acids is 1. The average molecular weight is 419 g/mol. The van der Waals surface area contributed by atoms with E-state index < -0.39 is 16.1 Å². The highest BCUT2D eigenvalue weighted by molar-refractivity contribution is 7.90. The summed E-state index contributed by atoms with van der Waals surface area (Å²) in [5.74, 6) is 0.345. The molecule has 0 saturated carbocycles. The maximum absolute atomic E-state index is 12.8. The van der Waals surface area contributed by atoms with Gasteiger partial charge in [0.15, 0.2) is 0 Å². The van der Waals surface area contributed by atoms with E-state index in [0.29, 0.717) is 35.4 Å². The van der Waals surface area contributed by atoms with E-state index in [1.54, 1.807) is 37.3 Å². The number of halogens is 1. The topological polar surface area (TPSA) is 110 Å². The van der Waals surface area contributed by atoms with Crippen molar-refractivity contribution < 1.29 is 17.9 Å². The number of hydrogen-bond donors (Lipinski definition) is 2. The van der Waals surface area contributed by atoms with Gasteiger partial charge in [0.2, 0.25) is 11.8 Å². The van der Waals surface area contributed by atoms with Crippen LogP contribution in [0.1, 0.15) is 11.3 Å². The van der Waals surface area contributed by atoms with Crippen LogP contribution in [0.3, 0.4) is 0 Å². The second-order valence-electron chi connectivity index (χ2n) is 6.17. The van der Waals surface area contributed by atoms with Gasteiger partial charge in [-0.15, -0.1) is 0 Å². The molecule has 8 nitrogen and oxygen atoms in total. The molecule has 10 heteroatoms. The summed E-state index contributed by atoms with van der Waals surface area (Å²) in [7, 11) is -4.24. The summed E-state index contributed by atoms with van der Waals surface area (Å²) in [5.41, 5.74) is 1.54. The number of nitrogens with zero attached hydrogens (tertiary/aromatic N) is 2. The van der Waals surface area contributed by atoms with Crippen molar-refractivity contribution >= 4 is 44.4 Å². The van der Waals surface area contributed by atoms with Gasteiger partial charge in [0, 0.05) is 17.4 Å². The Bertz CT molecular complexity index is 1210. The first-order valence-corrected chi connectivity index (χ1v) is 10.2. The minimum absolute atomic E-state index is 0.0111. The van der Waals surface area contributed by atoms with Crippen molar-refractivity contribution in [3.05, 3.63) is 52.7 Å². The number of ether oxygens (including phenoxy) is 1. The molecule has 0 radical (unpaired) electrons. The molecule has 4 rings (SSSR count). The number of nitrogens with one attached hydrogen (secondary N) is 2. The number of fused-ring (bicyclic) bond motifs is 2. The van der Waals surface area contributed by atoms with Gasteiger partial charge in [0.05, 0.1) is 17.3 Å². The van der Waals surface area contributed by atoms with Gasteiger partial charge in [0.25, 0.3) is 10.0 Å². The Hall–Kier alpha value is -2.91. The van der Waals surface area contributed by atoms with Crippen LogP contribution in [0.2, 0.25) is 5.02 Å². The van der Waals surface area contributed by atoms with Gasteiger partial charge in [-0.1, -0.05) is 41.9 Å². The van der Waals surface area contributed by atoms with Crippen LogP contribution >= 0.6 is 11.6 Å². The number of hydrogen-bond acceptors (Lipinski definition) is 6. The standard InChI is InChI=1S/C18H15ClN4O4S/c1-10-12-8-9-27-16(12)21-17(20-10)22-18(24)23-28(25,26)15-13-5-3-2-4-11(13)6-7-14(15)19/h2-7H,8-9H2,1H3,(H2,20,21,22,23,24). The zero-order valence-corrected chi connectivity index (χ0v) is 16.3. The summed E-state index contributed by atoms with van der Waals surface area (Å²) < 4.78 is 32.9. The normalized spacial score (nSPS) is 13.1. The third kappa shape index (κ3) is 3.34. The molecule has 28 heavy (non-hydrogen) atoms. The van der Waals surface area contributed by atoms with E-state index in [0.717, 1.165) is 5.56 Å². The summed E-state index contributed by atoms with van der Waals surface area (Å²) in [6.07, 6.45) is 0.696. The average Bonchev–Trinajstić information content (AvgIpc) is 3.09. The van der Waals surface area contributed by atoms with Crippen molar-refractivity contribution in [3.63, 3.8) is 0 Å². The van der Waals surface area contributed by atoms with Crippen molar-refractivity contribution in [3.8, 4) is 5.88 Å². The Kier molecular flexibility index (Phi) is 4.56. The molecule has 1 aliphatic rings. The maximum Gasteiger partial charge on any atom is 0.335 e. The predicted octanol–water partition coefficient (Wildman–Crippen LogP) is 3.04. The molecule has 0 bridgehead atoms. The van der Waals surface area contributed by atoms with Gasteiger partial charge < -0.3 is 4.74 Å². The number of carbonyl (C=O) groups is 1. The van der Waals surface area contributed by atoms with Crippen LogP contribution in [0.25, 0.3) is 10.8 Å². The molecule has 2 N–H and O–H groups in total. The van der Waals surface area contributed by atoms with E-state index in [-0.39, 0.29) is 15.9 Å².